The summed E-state index contributed by atoms with van der Waals surface area (Å²) in [7, 11) is 0. The minimum Gasteiger partial charge on any atom is -0.369 e. The largest absolute Gasteiger partial charge is 0.369 e. The van der Waals surface area contributed by atoms with E-state index in [1.165, 1.54) is 30.0 Å². The summed E-state index contributed by atoms with van der Waals surface area (Å²) in [6, 6.07) is 0. The summed E-state index contributed by atoms with van der Waals surface area (Å²) >= 11 is 7.70. The monoisotopic (exact) mass is 359 g/mol. The zero-order valence-electron chi connectivity index (χ0n) is 11.0. The van der Waals surface area contributed by atoms with Crippen LogP contribution in [0.4, 0.5) is 5.82 Å². The van der Waals surface area contributed by atoms with E-state index in [4.69, 9.17) is 9.97 Å². The first-order valence-corrected chi connectivity index (χ1v) is 9.79. The van der Waals surface area contributed by atoms with Gasteiger partial charge in [-0.05, 0) is 35.7 Å². The molecule has 1 unspecified atom stereocenters. The number of thioether (sulfide) groups is 2. The van der Waals surface area contributed by atoms with Crippen molar-refractivity contribution in [1.82, 2.24) is 9.97 Å². The lowest BCUT2D eigenvalue weighted by molar-refractivity contribution is 0.863. The third-order valence-corrected chi connectivity index (χ3v) is 6.84. The second-order valence-electron chi connectivity index (χ2n) is 4.87. The van der Waals surface area contributed by atoms with E-state index >= 15 is 0 Å². The third-order valence-electron chi connectivity index (χ3n) is 3.31. The molecule has 2 aliphatic rings. The fraction of sp³-hybridized carbons (Fsp3) is 0.692. The summed E-state index contributed by atoms with van der Waals surface area (Å²) in [5.74, 6) is 6.26. The number of rotatable bonds is 4. The highest BCUT2D eigenvalue weighted by atomic mass is 79.9. The van der Waals surface area contributed by atoms with Crippen molar-refractivity contribution in [3.8, 4) is 0 Å². The van der Waals surface area contributed by atoms with Crippen LogP contribution in [-0.4, -0.2) is 33.8 Å². The van der Waals surface area contributed by atoms with E-state index in [9.17, 15) is 0 Å². The average molecular weight is 360 g/mol. The predicted molar refractivity (Wildman–Crippen MR) is 88.4 cm³/mol. The molecule has 1 atom stereocenters. The van der Waals surface area contributed by atoms with Crippen LogP contribution in [0.1, 0.15) is 42.5 Å². The number of aromatic nitrogens is 2. The minimum atomic E-state index is 0.460. The Morgan fingerprint density at radius 1 is 1.32 bits per heavy atom. The topological polar surface area (TPSA) is 37.8 Å². The summed E-state index contributed by atoms with van der Waals surface area (Å²) < 4.78 is 1.08. The van der Waals surface area contributed by atoms with Gasteiger partial charge in [-0.25, -0.2) is 9.97 Å². The molecular formula is C13H18BrN3S2. The molecule has 6 heteroatoms. The second-order valence-corrected chi connectivity index (χ2v) is 8.12. The molecule has 19 heavy (non-hydrogen) atoms. The lowest BCUT2D eigenvalue weighted by atomic mass is 10.2. The van der Waals surface area contributed by atoms with Crippen molar-refractivity contribution in [1.29, 1.82) is 0 Å². The Labute approximate surface area is 131 Å². The molecule has 3 nitrogen and oxygen atoms in total. The summed E-state index contributed by atoms with van der Waals surface area (Å²) in [6.07, 6.45) is 2.54. The quantitative estimate of drug-likeness (QED) is 0.876. The number of hydrogen-bond donors (Lipinski definition) is 1. The maximum absolute atomic E-state index is 4.87. The zero-order valence-corrected chi connectivity index (χ0v) is 14.2. The van der Waals surface area contributed by atoms with Gasteiger partial charge < -0.3 is 5.32 Å². The molecule has 104 valence electrons. The second kappa shape index (κ2) is 6.22. The van der Waals surface area contributed by atoms with Gasteiger partial charge in [0.1, 0.15) is 11.6 Å². The van der Waals surface area contributed by atoms with Gasteiger partial charge in [-0.2, -0.15) is 11.8 Å². The fourth-order valence-corrected chi connectivity index (χ4v) is 5.42. The van der Waals surface area contributed by atoms with E-state index in [2.05, 4.69) is 28.2 Å². The normalized spacial score (nSPS) is 23.4. The SMILES string of the molecule is CCNc1nc(C2CSCCS2)nc(C2CC2)c1Br. The molecule has 1 aromatic heterocycles. The molecule has 2 fully saturated rings. The van der Waals surface area contributed by atoms with Crippen LogP contribution < -0.4 is 5.32 Å². The Kier molecular flexibility index (Phi) is 4.59. The molecule has 1 N–H and O–H groups in total. The number of hydrogen-bond acceptors (Lipinski definition) is 5. The maximum Gasteiger partial charge on any atom is 0.144 e. The van der Waals surface area contributed by atoms with Crippen LogP contribution in [0.2, 0.25) is 0 Å². The molecule has 3 rings (SSSR count). The molecule has 0 spiro atoms. The molecule has 1 saturated carbocycles. The van der Waals surface area contributed by atoms with E-state index in [1.54, 1.807) is 0 Å². The van der Waals surface area contributed by atoms with Crippen LogP contribution >= 0.6 is 39.5 Å². The van der Waals surface area contributed by atoms with Crippen molar-refractivity contribution >= 4 is 45.3 Å². The Morgan fingerprint density at radius 3 is 2.79 bits per heavy atom. The van der Waals surface area contributed by atoms with Gasteiger partial charge in [0.25, 0.3) is 0 Å². The Bertz CT molecular complexity index is 459. The molecule has 1 aromatic rings. The third kappa shape index (κ3) is 3.22. The van der Waals surface area contributed by atoms with E-state index < -0.39 is 0 Å². The molecular weight excluding hydrogens is 342 g/mol. The summed E-state index contributed by atoms with van der Waals surface area (Å²) in [5, 5.41) is 3.82. The Balaban J connectivity index is 1.93. The Morgan fingerprint density at radius 2 is 2.16 bits per heavy atom. The standard InChI is InChI=1S/C13H18BrN3S2/c1-2-15-13-10(14)11(8-3-4-8)16-12(17-13)9-7-18-5-6-19-9/h8-9H,2-7H2,1H3,(H,15,16,17). The van der Waals surface area contributed by atoms with Gasteiger partial charge in [0.2, 0.25) is 0 Å². The smallest absolute Gasteiger partial charge is 0.144 e. The molecule has 1 aliphatic heterocycles. The van der Waals surface area contributed by atoms with Crippen molar-refractivity contribution in [2.45, 2.75) is 30.9 Å². The lowest BCUT2D eigenvalue weighted by Crippen LogP contribution is -2.14. The van der Waals surface area contributed by atoms with Crippen molar-refractivity contribution in [2.75, 3.05) is 29.1 Å². The molecule has 0 radical (unpaired) electrons. The predicted octanol–water partition coefficient (Wildman–Crippen LogP) is 4.07. The average Bonchev–Trinajstić information content (AvgIpc) is 3.27. The van der Waals surface area contributed by atoms with Crippen LogP contribution in [0.25, 0.3) is 0 Å². The fourth-order valence-electron chi connectivity index (χ4n) is 2.18. The van der Waals surface area contributed by atoms with Crippen molar-refractivity contribution < 1.29 is 0 Å². The molecule has 2 heterocycles. The van der Waals surface area contributed by atoms with E-state index in [1.807, 2.05) is 23.5 Å². The highest BCUT2D eigenvalue weighted by Gasteiger charge is 2.31. The highest BCUT2D eigenvalue weighted by molar-refractivity contribution is 9.10. The van der Waals surface area contributed by atoms with Crippen LogP contribution in [-0.2, 0) is 0 Å². The molecule has 1 saturated heterocycles. The number of halogens is 1. The molecule has 0 bridgehead atoms. The van der Waals surface area contributed by atoms with Gasteiger partial charge >= 0.3 is 0 Å². The lowest BCUT2D eigenvalue weighted by Gasteiger charge is -2.21. The minimum absolute atomic E-state index is 0.460. The maximum atomic E-state index is 4.87. The summed E-state index contributed by atoms with van der Waals surface area (Å²) in [4.78, 5) is 9.62. The van der Waals surface area contributed by atoms with E-state index in [0.717, 1.165) is 28.4 Å². The van der Waals surface area contributed by atoms with Gasteiger partial charge in [-0.3, -0.25) is 0 Å². The van der Waals surface area contributed by atoms with Gasteiger partial charge in [-0.1, -0.05) is 0 Å². The summed E-state index contributed by atoms with van der Waals surface area (Å²) in [5.41, 5.74) is 1.22. The number of nitrogens with zero attached hydrogens (tertiary/aromatic N) is 2. The zero-order chi connectivity index (χ0) is 13.2. The number of nitrogens with one attached hydrogen (secondary N) is 1. The van der Waals surface area contributed by atoms with Crippen LogP contribution in [0.3, 0.4) is 0 Å². The molecule has 0 aromatic carbocycles. The first-order chi connectivity index (χ1) is 9.29. The molecule has 1 aliphatic carbocycles. The van der Waals surface area contributed by atoms with E-state index in [0.29, 0.717) is 11.2 Å². The van der Waals surface area contributed by atoms with E-state index in [-0.39, 0.29) is 0 Å². The summed E-state index contributed by atoms with van der Waals surface area (Å²) in [6.45, 7) is 3.00. The first-order valence-electron chi connectivity index (χ1n) is 6.80. The van der Waals surface area contributed by atoms with Crippen molar-refractivity contribution in [2.24, 2.45) is 0 Å². The number of anilines is 1. The van der Waals surface area contributed by atoms with Gasteiger partial charge in [0, 0.05) is 29.7 Å². The van der Waals surface area contributed by atoms with Gasteiger partial charge in [-0.15, -0.1) is 11.8 Å². The van der Waals surface area contributed by atoms with Crippen molar-refractivity contribution in [3.05, 3.63) is 16.0 Å². The highest BCUT2D eigenvalue weighted by Crippen LogP contribution is 2.45. The molecule has 0 amide bonds. The van der Waals surface area contributed by atoms with Crippen LogP contribution in [0.15, 0.2) is 4.47 Å². The van der Waals surface area contributed by atoms with Gasteiger partial charge in [0.15, 0.2) is 0 Å². The van der Waals surface area contributed by atoms with Crippen LogP contribution in [0.5, 0.6) is 0 Å². The first kappa shape index (κ1) is 14.0. The van der Waals surface area contributed by atoms with Crippen LogP contribution in [0, 0.1) is 0 Å². The van der Waals surface area contributed by atoms with Gasteiger partial charge in [0.05, 0.1) is 15.4 Å². The van der Waals surface area contributed by atoms with Crippen molar-refractivity contribution in [3.63, 3.8) is 0 Å². The Hall–Kier alpha value is 0.0600.